The highest BCUT2D eigenvalue weighted by molar-refractivity contribution is 7.16. The van der Waals surface area contributed by atoms with E-state index in [1.165, 1.54) is 6.20 Å². The summed E-state index contributed by atoms with van der Waals surface area (Å²) in [5, 5.41) is 4.81. The van der Waals surface area contributed by atoms with Gasteiger partial charge in [0, 0.05) is 34.9 Å². The van der Waals surface area contributed by atoms with Gasteiger partial charge in [0.05, 0.1) is 21.6 Å². The Kier molecular flexibility index (Phi) is 5.73. The monoisotopic (exact) mass is 507 g/mol. The van der Waals surface area contributed by atoms with Gasteiger partial charge in [-0.05, 0) is 55.1 Å². The zero-order valence-corrected chi connectivity index (χ0v) is 21.0. The number of nitrogens with one attached hydrogen (secondary N) is 1. The number of halogens is 1. The number of hydrogen-bond acceptors (Lipinski definition) is 6. The molecular weight excluding hydrogens is 485 g/mol. The Balaban J connectivity index is 1.57. The molecule has 0 fully saturated rings. The van der Waals surface area contributed by atoms with Crippen LogP contribution in [0.25, 0.3) is 37.8 Å². The molecule has 6 nitrogen and oxygen atoms in total. The van der Waals surface area contributed by atoms with Crippen molar-refractivity contribution in [2.24, 2.45) is 0 Å². The van der Waals surface area contributed by atoms with E-state index >= 15 is 0 Å². The highest BCUT2D eigenvalue weighted by atomic mass is 32.1. The number of para-hydroxylation sites is 1. The summed E-state index contributed by atoms with van der Waals surface area (Å²) in [6.07, 6.45) is 3.23. The summed E-state index contributed by atoms with van der Waals surface area (Å²) in [7, 11) is 0. The smallest absolute Gasteiger partial charge is 0.263 e. The molecule has 1 atom stereocenters. The van der Waals surface area contributed by atoms with E-state index in [0.717, 1.165) is 27.0 Å². The summed E-state index contributed by atoms with van der Waals surface area (Å²) in [6.45, 7) is 3.67. The topological polar surface area (TPSA) is 72.7 Å². The van der Waals surface area contributed by atoms with Crippen LogP contribution in [0, 0.1) is 12.9 Å². The molecule has 0 unspecified atom stereocenters. The molecule has 6 aromatic rings. The number of rotatable bonds is 5. The highest BCUT2D eigenvalue weighted by Gasteiger charge is 2.20. The fraction of sp³-hybridized carbons (Fsp3) is 0.103. The Labute approximate surface area is 216 Å². The van der Waals surface area contributed by atoms with Crippen molar-refractivity contribution >= 4 is 38.1 Å². The van der Waals surface area contributed by atoms with E-state index < -0.39 is 5.95 Å². The minimum atomic E-state index is -0.517. The van der Waals surface area contributed by atoms with Gasteiger partial charge in [-0.3, -0.25) is 9.36 Å². The van der Waals surface area contributed by atoms with Crippen molar-refractivity contribution in [3.05, 3.63) is 112 Å². The first-order chi connectivity index (χ1) is 18.0. The summed E-state index contributed by atoms with van der Waals surface area (Å²) in [4.78, 5) is 27.1. The van der Waals surface area contributed by atoms with Crippen molar-refractivity contribution in [3.63, 3.8) is 0 Å². The van der Waals surface area contributed by atoms with Crippen LogP contribution in [0.4, 0.5) is 10.2 Å². The second-order valence-electron chi connectivity index (χ2n) is 8.87. The zero-order valence-electron chi connectivity index (χ0n) is 20.1. The first-order valence-electron chi connectivity index (χ1n) is 11.8. The summed E-state index contributed by atoms with van der Waals surface area (Å²) < 4.78 is 16.7. The number of benzene rings is 2. The molecule has 8 heteroatoms. The predicted molar refractivity (Wildman–Crippen MR) is 147 cm³/mol. The molecule has 0 saturated carbocycles. The first-order valence-corrected chi connectivity index (χ1v) is 12.7. The third kappa shape index (κ3) is 4.05. The van der Waals surface area contributed by atoms with Gasteiger partial charge in [-0.1, -0.05) is 36.4 Å². The van der Waals surface area contributed by atoms with E-state index in [1.54, 1.807) is 40.6 Å². The van der Waals surface area contributed by atoms with Gasteiger partial charge in [0.25, 0.3) is 5.56 Å². The fourth-order valence-electron chi connectivity index (χ4n) is 4.67. The van der Waals surface area contributed by atoms with Crippen molar-refractivity contribution in [2.45, 2.75) is 19.9 Å². The lowest BCUT2D eigenvalue weighted by molar-refractivity contribution is 0.575. The van der Waals surface area contributed by atoms with Gasteiger partial charge in [-0.15, -0.1) is 11.3 Å². The molecule has 4 aromatic heterocycles. The minimum absolute atomic E-state index is 0.162. The molecule has 0 bridgehead atoms. The maximum Gasteiger partial charge on any atom is 0.263 e. The lowest BCUT2D eigenvalue weighted by Gasteiger charge is -2.22. The van der Waals surface area contributed by atoms with Crippen LogP contribution in [0.15, 0.2) is 89.4 Å². The second-order valence-corrected chi connectivity index (χ2v) is 9.76. The molecule has 0 aliphatic carbocycles. The molecule has 0 spiro atoms. The van der Waals surface area contributed by atoms with Crippen LogP contribution < -0.4 is 10.9 Å². The van der Waals surface area contributed by atoms with Crippen LogP contribution in [-0.4, -0.2) is 19.5 Å². The first kappa shape index (κ1) is 23.0. The Hall–Kier alpha value is -4.43. The van der Waals surface area contributed by atoms with E-state index in [2.05, 4.69) is 20.3 Å². The van der Waals surface area contributed by atoms with E-state index in [4.69, 9.17) is 0 Å². The molecule has 2 aromatic carbocycles. The number of fused-ring (bicyclic) bond motifs is 2. The van der Waals surface area contributed by atoms with E-state index in [9.17, 15) is 9.18 Å². The molecule has 0 aliphatic heterocycles. The van der Waals surface area contributed by atoms with Gasteiger partial charge in [0.2, 0.25) is 5.95 Å². The van der Waals surface area contributed by atoms with Gasteiger partial charge in [0.15, 0.2) is 5.82 Å². The molecule has 1 N–H and O–H groups in total. The normalized spacial score (nSPS) is 12.2. The Morgan fingerprint density at radius 1 is 1.00 bits per heavy atom. The molecule has 0 saturated heterocycles. The summed E-state index contributed by atoms with van der Waals surface area (Å²) in [5.74, 6) is 0.150. The van der Waals surface area contributed by atoms with Crippen LogP contribution in [-0.2, 0) is 0 Å². The van der Waals surface area contributed by atoms with Crippen LogP contribution in [0.3, 0.4) is 0 Å². The molecule has 182 valence electrons. The quantitative estimate of drug-likeness (QED) is 0.264. The minimum Gasteiger partial charge on any atom is -0.360 e. The number of aryl methyl sites for hydroxylation is 1. The number of aromatic nitrogens is 4. The average Bonchev–Trinajstić information content (AvgIpc) is 3.40. The van der Waals surface area contributed by atoms with Gasteiger partial charge < -0.3 is 5.32 Å². The van der Waals surface area contributed by atoms with Crippen LogP contribution >= 0.6 is 11.3 Å². The molecule has 0 aliphatic rings. The summed E-state index contributed by atoms with van der Waals surface area (Å²) in [5.41, 5.74) is 5.80. The van der Waals surface area contributed by atoms with Crippen LogP contribution in [0.5, 0.6) is 0 Å². The second kappa shape index (κ2) is 9.22. The lowest BCUT2D eigenvalue weighted by Crippen LogP contribution is -2.26. The van der Waals surface area contributed by atoms with Crippen molar-refractivity contribution in [1.82, 2.24) is 19.5 Å². The SMILES string of the molecule is Cc1cc(-c2cccc3cc([C@H](C)Nc4nccc5scnc45)n(-c4ccccc4)c(=O)c23)cnc1F. The average molecular weight is 508 g/mol. The van der Waals surface area contributed by atoms with Gasteiger partial charge >= 0.3 is 0 Å². The Morgan fingerprint density at radius 3 is 2.65 bits per heavy atom. The molecule has 0 amide bonds. The maximum absolute atomic E-state index is 14.2. The van der Waals surface area contributed by atoms with Crippen LogP contribution in [0.1, 0.15) is 24.2 Å². The third-order valence-corrected chi connectivity index (χ3v) is 7.25. The number of nitrogens with zero attached hydrogens (tertiary/aromatic N) is 4. The number of pyridine rings is 3. The van der Waals surface area contributed by atoms with Crippen LogP contribution in [0.2, 0.25) is 0 Å². The summed E-state index contributed by atoms with van der Waals surface area (Å²) >= 11 is 1.56. The van der Waals surface area contributed by atoms with Crippen molar-refractivity contribution in [1.29, 1.82) is 0 Å². The molecule has 4 heterocycles. The molecule has 0 radical (unpaired) electrons. The number of hydrogen-bond donors (Lipinski definition) is 1. The van der Waals surface area contributed by atoms with Crippen molar-refractivity contribution < 1.29 is 4.39 Å². The van der Waals surface area contributed by atoms with Gasteiger partial charge in [-0.2, -0.15) is 4.39 Å². The largest absolute Gasteiger partial charge is 0.360 e. The standard InChI is InChI=1S/C29H22FN5OS/c1-17-13-20(15-32-27(17)30)22-10-6-7-19-14-23(35(29(36)25(19)22)21-8-4-3-5-9-21)18(2)34-28-26-24(11-12-31-28)37-16-33-26/h3-16,18H,1-2H3,(H,31,34)/t18-/m0/s1. The number of anilines is 1. The Bertz CT molecular complexity index is 1830. The van der Waals surface area contributed by atoms with Crippen molar-refractivity contribution in [2.75, 3.05) is 5.32 Å². The molecule has 37 heavy (non-hydrogen) atoms. The maximum atomic E-state index is 14.2. The summed E-state index contributed by atoms with van der Waals surface area (Å²) in [6, 6.07) is 20.7. The lowest BCUT2D eigenvalue weighted by atomic mass is 9.98. The van der Waals surface area contributed by atoms with Crippen molar-refractivity contribution in [3.8, 4) is 16.8 Å². The molecular formula is C29H22FN5OS. The number of thiazole rings is 1. The highest BCUT2D eigenvalue weighted by Crippen LogP contribution is 2.31. The van der Waals surface area contributed by atoms with Gasteiger partial charge in [-0.25, -0.2) is 15.0 Å². The third-order valence-electron chi connectivity index (χ3n) is 6.46. The molecule has 6 rings (SSSR count). The van der Waals surface area contributed by atoms with E-state index in [0.29, 0.717) is 27.9 Å². The van der Waals surface area contributed by atoms with E-state index in [-0.39, 0.29) is 11.6 Å². The zero-order chi connectivity index (χ0) is 25.5. The fourth-order valence-corrected chi connectivity index (χ4v) is 5.34. The van der Waals surface area contributed by atoms with E-state index in [1.807, 2.05) is 67.6 Å². The Morgan fingerprint density at radius 2 is 1.84 bits per heavy atom. The van der Waals surface area contributed by atoms with Gasteiger partial charge in [0.1, 0.15) is 5.52 Å². The predicted octanol–water partition coefficient (Wildman–Crippen LogP) is 6.68.